The molecule has 0 spiro atoms. The number of halogens is 1. The van der Waals surface area contributed by atoms with Crippen molar-refractivity contribution >= 4 is 11.6 Å². The average molecular weight is 284 g/mol. The highest BCUT2D eigenvalue weighted by molar-refractivity contribution is 6.32. The number of nitrogens with one attached hydrogen (secondary N) is 1. The molecule has 106 valence electrons. The van der Waals surface area contributed by atoms with Gasteiger partial charge in [0.25, 0.3) is 0 Å². The number of ether oxygens (including phenoxy) is 2. The van der Waals surface area contributed by atoms with Gasteiger partial charge in [-0.3, -0.25) is 0 Å². The third-order valence-corrected chi connectivity index (χ3v) is 3.94. The molecule has 1 aliphatic heterocycles. The lowest BCUT2D eigenvalue weighted by Crippen LogP contribution is -2.33. The van der Waals surface area contributed by atoms with Gasteiger partial charge in [-0.2, -0.15) is 0 Å². The van der Waals surface area contributed by atoms with Gasteiger partial charge in [0.05, 0.1) is 18.7 Å². The second-order valence-electron chi connectivity index (χ2n) is 4.91. The van der Waals surface area contributed by atoms with E-state index in [1.807, 2.05) is 12.1 Å². The van der Waals surface area contributed by atoms with E-state index in [-0.39, 0.29) is 0 Å². The van der Waals surface area contributed by atoms with Crippen LogP contribution in [0, 0.1) is 5.92 Å². The number of benzene rings is 1. The molecular weight excluding hydrogens is 262 g/mol. The molecule has 1 aliphatic rings. The first-order chi connectivity index (χ1) is 9.26. The van der Waals surface area contributed by atoms with Crippen LogP contribution in [0.2, 0.25) is 5.02 Å². The molecule has 0 saturated carbocycles. The maximum Gasteiger partial charge on any atom is 0.137 e. The molecule has 2 unspecified atom stereocenters. The Labute approximate surface area is 120 Å². The summed E-state index contributed by atoms with van der Waals surface area (Å²) in [5.74, 6) is 1.25. The Hall–Kier alpha value is -0.770. The van der Waals surface area contributed by atoms with Gasteiger partial charge in [-0.05, 0) is 37.1 Å². The minimum absolute atomic E-state index is 0.302. The van der Waals surface area contributed by atoms with E-state index in [2.05, 4.69) is 18.3 Å². The molecule has 0 aromatic heterocycles. The van der Waals surface area contributed by atoms with E-state index >= 15 is 0 Å². The van der Waals surface area contributed by atoms with Crippen molar-refractivity contribution in [1.82, 2.24) is 5.32 Å². The summed E-state index contributed by atoms with van der Waals surface area (Å²) in [5, 5.41) is 4.21. The lowest BCUT2D eigenvalue weighted by Gasteiger charge is -2.31. The van der Waals surface area contributed by atoms with Crippen LogP contribution in [-0.4, -0.2) is 26.9 Å². The van der Waals surface area contributed by atoms with Gasteiger partial charge in [0.1, 0.15) is 5.75 Å². The number of hydrogen-bond donors (Lipinski definition) is 1. The Kier molecular flexibility index (Phi) is 5.49. The summed E-state index contributed by atoms with van der Waals surface area (Å²) >= 11 is 6.09. The van der Waals surface area contributed by atoms with Gasteiger partial charge in [0, 0.05) is 18.6 Å². The third-order valence-electron chi connectivity index (χ3n) is 3.63. The highest BCUT2D eigenvalue weighted by Crippen LogP contribution is 2.33. The monoisotopic (exact) mass is 283 g/mol. The smallest absolute Gasteiger partial charge is 0.137 e. The highest BCUT2D eigenvalue weighted by atomic mass is 35.5. The summed E-state index contributed by atoms with van der Waals surface area (Å²) < 4.78 is 10.9. The molecule has 1 saturated heterocycles. The van der Waals surface area contributed by atoms with Crippen molar-refractivity contribution in [2.24, 2.45) is 5.92 Å². The second-order valence-corrected chi connectivity index (χ2v) is 5.31. The Morgan fingerprint density at radius 3 is 3.00 bits per heavy atom. The Bertz CT molecular complexity index is 405. The molecule has 2 atom stereocenters. The predicted octanol–water partition coefficient (Wildman–Crippen LogP) is 3.43. The van der Waals surface area contributed by atoms with Gasteiger partial charge in [-0.15, -0.1) is 0 Å². The van der Waals surface area contributed by atoms with Crippen LogP contribution in [0.15, 0.2) is 18.2 Å². The van der Waals surface area contributed by atoms with Crippen LogP contribution in [0.4, 0.5) is 0 Å². The van der Waals surface area contributed by atoms with Crippen LogP contribution in [0.1, 0.15) is 31.4 Å². The van der Waals surface area contributed by atoms with E-state index < -0.39 is 0 Å². The van der Waals surface area contributed by atoms with Crippen molar-refractivity contribution in [1.29, 1.82) is 0 Å². The molecule has 0 radical (unpaired) electrons. The van der Waals surface area contributed by atoms with E-state index in [4.69, 9.17) is 21.1 Å². The van der Waals surface area contributed by atoms with E-state index in [0.717, 1.165) is 31.9 Å². The Morgan fingerprint density at radius 1 is 1.53 bits per heavy atom. The second kappa shape index (κ2) is 7.13. The van der Waals surface area contributed by atoms with Gasteiger partial charge in [-0.1, -0.05) is 24.6 Å². The minimum atomic E-state index is 0.302. The fourth-order valence-corrected chi connectivity index (χ4v) is 2.87. The van der Waals surface area contributed by atoms with E-state index in [9.17, 15) is 0 Å². The zero-order valence-corrected chi connectivity index (χ0v) is 12.4. The van der Waals surface area contributed by atoms with Crippen molar-refractivity contribution in [3.8, 4) is 5.75 Å². The van der Waals surface area contributed by atoms with Crippen molar-refractivity contribution < 1.29 is 9.47 Å². The predicted molar refractivity (Wildman–Crippen MR) is 78.0 cm³/mol. The number of hydrogen-bond acceptors (Lipinski definition) is 3. The molecule has 2 rings (SSSR count). The van der Waals surface area contributed by atoms with E-state index in [0.29, 0.717) is 17.0 Å². The molecule has 0 bridgehead atoms. The summed E-state index contributed by atoms with van der Waals surface area (Å²) in [6, 6.07) is 6.32. The van der Waals surface area contributed by atoms with Crippen LogP contribution in [0.25, 0.3) is 0 Å². The number of rotatable bonds is 5. The van der Waals surface area contributed by atoms with Gasteiger partial charge in [-0.25, -0.2) is 0 Å². The molecule has 0 amide bonds. The maximum atomic E-state index is 6.09. The SMILES string of the molecule is CCNC(c1ccc(Cl)c(OC)c1)C1CCCOC1. The number of methoxy groups -OCH3 is 1. The van der Waals surface area contributed by atoms with Crippen LogP contribution in [0.5, 0.6) is 5.75 Å². The standard InChI is InChI=1S/C15H22ClNO2/c1-3-17-15(12-5-4-8-19-10-12)11-6-7-13(16)14(9-11)18-2/h6-7,9,12,15,17H,3-5,8,10H2,1-2H3. The normalized spacial score (nSPS) is 21.1. The summed E-state index contributed by atoms with van der Waals surface area (Å²) in [7, 11) is 1.65. The largest absolute Gasteiger partial charge is 0.495 e. The van der Waals surface area contributed by atoms with Crippen LogP contribution in [-0.2, 0) is 4.74 Å². The van der Waals surface area contributed by atoms with Crippen molar-refractivity contribution in [3.63, 3.8) is 0 Å². The summed E-state index contributed by atoms with van der Waals surface area (Å²) in [4.78, 5) is 0. The molecule has 0 aliphatic carbocycles. The Morgan fingerprint density at radius 2 is 2.37 bits per heavy atom. The first kappa shape index (κ1) is 14.6. The molecule has 19 heavy (non-hydrogen) atoms. The van der Waals surface area contributed by atoms with Crippen LogP contribution < -0.4 is 10.1 Å². The van der Waals surface area contributed by atoms with Gasteiger partial charge >= 0.3 is 0 Å². The molecule has 4 heteroatoms. The molecule has 3 nitrogen and oxygen atoms in total. The van der Waals surface area contributed by atoms with Crippen molar-refractivity contribution in [3.05, 3.63) is 28.8 Å². The van der Waals surface area contributed by atoms with Crippen molar-refractivity contribution in [2.45, 2.75) is 25.8 Å². The lowest BCUT2D eigenvalue weighted by molar-refractivity contribution is 0.0392. The van der Waals surface area contributed by atoms with E-state index in [1.165, 1.54) is 12.0 Å². The summed E-state index contributed by atoms with van der Waals surface area (Å²) in [6.07, 6.45) is 2.33. The van der Waals surface area contributed by atoms with Gasteiger partial charge in [0.15, 0.2) is 0 Å². The molecular formula is C15H22ClNO2. The highest BCUT2D eigenvalue weighted by Gasteiger charge is 2.25. The maximum absolute atomic E-state index is 6.09. The average Bonchev–Trinajstić information content (AvgIpc) is 2.46. The quantitative estimate of drug-likeness (QED) is 0.898. The molecule has 1 heterocycles. The Balaban J connectivity index is 2.22. The third kappa shape index (κ3) is 3.62. The zero-order valence-electron chi connectivity index (χ0n) is 11.6. The first-order valence-corrected chi connectivity index (χ1v) is 7.28. The van der Waals surface area contributed by atoms with Crippen LogP contribution >= 0.6 is 11.6 Å². The summed E-state index contributed by atoms with van der Waals surface area (Å²) in [6.45, 7) is 4.78. The molecule has 1 aromatic carbocycles. The minimum Gasteiger partial charge on any atom is -0.495 e. The van der Waals surface area contributed by atoms with Gasteiger partial charge in [0.2, 0.25) is 0 Å². The van der Waals surface area contributed by atoms with Crippen LogP contribution in [0.3, 0.4) is 0 Å². The topological polar surface area (TPSA) is 30.5 Å². The lowest BCUT2D eigenvalue weighted by atomic mass is 9.88. The fourth-order valence-electron chi connectivity index (χ4n) is 2.67. The van der Waals surface area contributed by atoms with E-state index in [1.54, 1.807) is 7.11 Å². The van der Waals surface area contributed by atoms with Gasteiger partial charge < -0.3 is 14.8 Å². The zero-order chi connectivity index (χ0) is 13.7. The molecule has 1 N–H and O–H groups in total. The van der Waals surface area contributed by atoms with Crippen molar-refractivity contribution in [2.75, 3.05) is 26.9 Å². The molecule has 1 aromatic rings. The summed E-state index contributed by atoms with van der Waals surface area (Å²) in [5.41, 5.74) is 1.22. The molecule has 1 fully saturated rings. The fraction of sp³-hybridized carbons (Fsp3) is 0.600. The first-order valence-electron chi connectivity index (χ1n) is 6.90.